The summed E-state index contributed by atoms with van der Waals surface area (Å²) in [6.07, 6.45) is -14.0. The van der Waals surface area contributed by atoms with Gasteiger partial charge in [0.05, 0.1) is 11.8 Å². The van der Waals surface area contributed by atoms with E-state index >= 15 is 0 Å². The van der Waals surface area contributed by atoms with E-state index in [9.17, 15) is 26.7 Å². The van der Waals surface area contributed by atoms with Crippen LogP contribution in [0.4, 0.5) is 32.4 Å². The van der Waals surface area contributed by atoms with Gasteiger partial charge in [-0.15, -0.1) is 5.10 Å². The number of hydrogen-bond donors (Lipinski definition) is 0. The third kappa shape index (κ3) is 7.72. The number of alkyl halides is 5. The van der Waals surface area contributed by atoms with Crippen LogP contribution in [-0.2, 0) is 28.4 Å². The number of carbonyl (C=O) groups excluding carboxylic acids is 1. The molecule has 0 bridgehead atoms. The van der Waals surface area contributed by atoms with Gasteiger partial charge in [-0.25, -0.2) is 14.5 Å². The molecule has 1 fully saturated rings. The highest BCUT2D eigenvalue weighted by Crippen LogP contribution is 2.37. The lowest BCUT2D eigenvalue weighted by atomic mass is 9.99. The molecule has 46 heavy (non-hydrogen) atoms. The van der Waals surface area contributed by atoms with Gasteiger partial charge in [0.25, 0.3) is 0 Å². The van der Waals surface area contributed by atoms with Crippen LogP contribution in [0.2, 0.25) is 0 Å². The van der Waals surface area contributed by atoms with Crippen molar-refractivity contribution in [3.63, 3.8) is 0 Å². The van der Waals surface area contributed by atoms with E-state index in [0.29, 0.717) is 23.5 Å². The second-order valence-electron chi connectivity index (χ2n) is 9.93. The molecular weight excluding hydrogens is 627 g/mol. The van der Waals surface area contributed by atoms with Crippen molar-refractivity contribution in [3.05, 3.63) is 54.9 Å². The number of anilines is 1. The van der Waals surface area contributed by atoms with Crippen LogP contribution in [-0.4, -0.2) is 98.5 Å². The minimum absolute atomic E-state index is 0.158. The first-order valence-electron chi connectivity index (χ1n) is 13.9. The van der Waals surface area contributed by atoms with Crippen LogP contribution in [0.5, 0.6) is 5.75 Å². The number of hydrogen-bond acceptors (Lipinski definition) is 10. The zero-order valence-corrected chi connectivity index (χ0v) is 25.4. The van der Waals surface area contributed by atoms with Gasteiger partial charge in [-0.1, -0.05) is 0 Å². The standard InChI is InChI=1S/C29H33F5N4O8/c1-6-43-23-22(41-4)17(2)44-26(24(23)42-5)45-27(39)37(16-40-3)19-9-7-18(8-10-19)25-35-15-38(36-25)20-11-13-21(14-12-20)46-29(33,34)28(30,31)32/h7-15,17,22-24,26H,6,16H2,1-5H3/t17-,22-,23+,24+,26-/m0/s1. The topological polar surface area (TPSA) is 116 Å². The molecule has 1 aliphatic heterocycles. The SMILES string of the molecule is CCO[C@@H]1[C@@H](OC)[C@H](C)O[C@@H](OC(=O)N(COC)c2ccc(-c3ncn(-c4ccc(OC(F)(F)C(F)(F)F)cc4)n3)cc2)[C@@H]1OC. The molecule has 17 heteroatoms. The van der Waals surface area contributed by atoms with Gasteiger partial charge in [0.15, 0.2) is 5.82 Å². The van der Waals surface area contributed by atoms with Gasteiger partial charge in [0, 0.05) is 39.2 Å². The molecule has 0 saturated carbocycles. The molecule has 1 saturated heterocycles. The van der Waals surface area contributed by atoms with Gasteiger partial charge < -0.3 is 33.2 Å². The van der Waals surface area contributed by atoms with Crippen LogP contribution in [0, 0.1) is 0 Å². The molecule has 1 aliphatic rings. The lowest BCUT2D eigenvalue weighted by Crippen LogP contribution is -2.60. The van der Waals surface area contributed by atoms with Crippen molar-refractivity contribution in [2.45, 2.75) is 56.8 Å². The minimum Gasteiger partial charge on any atom is -0.426 e. The average molecular weight is 661 g/mol. The highest BCUT2D eigenvalue weighted by Gasteiger charge is 2.61. The van der Waals surface area contributed by atoms with E-state index in [1.165, 1.54) is 49.4 Å². The second kappa shape index (κ2) is 14.7. The van der Waals surface area contributed by atoms with Crippen LogP contribution in [0.25, 0.3) is 17.1 Å². The normalized spacial score (nSPS) is 22.0. The van der Waals surface area contributed by atoms with E-state index < -0.39 is 54.8 Å². The Morgan fingerprint density at radius 2 is 1.61 bits per heavy atom. The summed E-state index contributed by atoms with van der Waals surface area (Å²) in [5.41, 5.74) is 1.28. The fraction of sp³-hybridized carbons (Fsp3) is 0.483. The molecule has 2 heterocycles. The van der Waals surface area contributed by atoms with Gasteiger partial charge in [-0.05, 0) is 62.4 Å². The number of carbonyl (C=O) groups is 1. The number of ether oxygens (including phenoxy) is 7. The van der Waals surface area contributed by atoms with Crippen molar-refractivity contribution in [3.8, 4) is 22.8 Å². The molecule has 12 nitrogen and oxygen atoms in total. The smallest absolute Gasteiger partial charge is 0.426 e. The van der Waals surface area contributed by atoms with Crippen molar-refractivity contribution < 1.29 is 59.9 Å². The summed E-state index contributed by atoms with van der Waals surface area (Å²) in [4.78, 5) is 18.8. The van der Waals surface area contributed by atoms with Crippen molar-refractivity contribution in [1.82, 2.24) is 14.8 Å². The van der Waals surface area contributed by atoms with Crippen molar-refractivity contribution in [2.75, 3.05) is 39.6 Å². The first-order valence-corrected chi connectivity index (χ1v) is 13.9. The summed E-state index contributed by atoms with van der Waals surface area (Å²) < 4.78 is 103. The zero-order valence-electron chi connectivity index (χ0n) is 25.4. The Hall–Kier alpha value is -3.90. The Morgan fingerprint density at radius 3 is 2.17 bits per heavy atom. The number of amides is 1. The number of rotatable bonds is 12. The molecule has 3 aromatic rings. The van der Waals surface area contributed by atoms with Crippen molar-refractivity contribution in [2.24, 2.45) is 0 Å². The van der Waals surface area contributed by atoms with Crippen LogP contribution >= 0.6 is 0 Å². The molecule has 4 rings (SSSR count). The fourth-order valence-electron chi connectivity index (χ4n) is 4.73. The molecule has 252 valence electrons. The quantitative estimate of drug-likeness (QED) is 0.190. The molecular formula is C29H33F5N4O8. The first-order chi connectivity index (χ1) is 21.8. The molecule has 1 aromatic heterocycles. The van der Waals surface area contributed by atoms with E-state index in [-0.39, 0.29) is 12.6 Å². The molecule has 2 aromatic carbocycles. The first kappa shape index (κ1) is 35.0. The predicted octanol–water partition coefficient (Wildman–Crippen LogP) is 5.20. The third-order valence-corrected chi connectivity index (χ3v) is 6.93. The van der Waals surface area contributed by atoms with E-state index in [0.717, 1.165) is 12.1 Å². The molecule has 0 radical (unpaired) electrons. The molecule has 5 atom stereocenters. The maximum absolute atomic E-state index is 13.3. The zero-order chi connectivity index (χ0) is 33.6. The van der Waals surface area contributed by atoms with Crippen LogP contribution in [0.1, 0.15) is 13.8 Å². The lowest BCUT2D eigenvalue weighted by Gasteiger charge is -2.43. The van der Waals surface area contributed by atoms with Gasteiger partial charge in [0.2, 0.25) is 6.29 Å². The van der Waals surface area contributed by atoms with Gasteiger partial charge in [-0.2, -0.15) is 22.0 Å². The molecule has 0 unspecified atom stereocenters. The number of nitrogens with zero attached hydrogens (tertiary/aromatic N) is 4. The summed E-state index contributed by atoms with van der Waals surface area (Å²) in [5, 5.41) is 4.33. The number of methoxy groups -OCH3 is 3. The van der Waals surface area contributed by atoms with E-state index in [4.69, 9.17) is 28.4 Å². The number of aromatic nitrogens is 3. The Kier molecular flexibility index (Phi) is 11.2. The van der Waals surface area contributed by atoms with E-state index in [1.807, 2.05) is 6.92 Å². The minimum atomic E-state index is -5.86. The Labute approximate surface area is 260 Å². The van der Waals surface area contributed by atoms with Gasteiger partial charge in [0.1, 0.15) is 37.1 Å². The molecule has 0 N–H and O–H groups in total. The van der Waals surface area contributed by atoms with Crippen LogP contribution in [0.3, 0.4) is 0 Å². The van der Waals surface area contributed by atoms with E-state index in [1.54, 1.807) is 31.2 Å². The van der Waals surface area contributed by atoms with Gasteiger partial charge in [-0.3, -0.25) is 4.90 Å². The molecule has 0 spiro atoms. The Bertz CT molecular complexity index is 1420. The third-order valence-electron chi connectivity index (χ3n) is 6.93. The van der Waals surface area contributed by atoms with Crippen LogP contribution in [0.15, 0.2) is 54.9 Å². The van der Waals surface area contributed by atoms with Crippen molar-refractivity contribution >= 4 is 11.8 Å². The van der Waals surface area contributed by atoms with Crippen molar-refractivity contribution in [1.29, 1.82) is 0 Å². The van der Waals surface area contributed by atoms with Gasteiger partial charge >= 0.3 is 18.4 Å². The maximum atomic E-state index is 13.3. The summed E-state index contributed by atoms with van der Waals surface area (Å²) in [7, 11) is 4.40. The van der Waals surface area contributed by atoms with Crippen LogP contribution < -0.4 is 9.64 Å². The second-order valence-corrected chi connectivity index (χ2v) is 9.93. The Balaban J connectivity index is 1.46. The lowest BCUT2D eigenvalue weighted by molar-refractivity contribution is -0.360. The van der Waals surface area contributed by atoms with E-state index in [2.05, 4.69) is 14.8 Å². The fourth-order valence-corrected chi connectivity index (χ4v) is 4.73. The predicted molar refractivity (Wildman–Crippen MR) is 151 cm³/mol. The Morgan fingerprint density at radius 1 is 0.957 bits per heavy atom. The number of halogens is 5. The largest absolute Gasteiger partial charge is 0.499 e. The molecule has 0 aliphatic carbocycles. The maximum Gasteiger partial charge on any atom is 0.499 e. The number of benzene rings is 2. The summed E-state index contributed by atoms with van der Waals surface area (Å²) in [6, 6.07) is 10.9. The summed E-state index contributed by atoms with van der Waals surface area (Å²) in [5.74, 6) is -0.421. The summed E-state index contributed by atoms with van der Waals surface area (Å²) >= 11 is 0. The molecule has 1 amide bonds. The monoisotopic (exact) mass is 660 g/mol. The average Bonchev–Trinajstić information content (AvgIpc) is 3.50. The highest BCUT2D eigenvalue weighted by atomic mass is 19.4. The highest BCUT2D eigenvalue weighted by molar-refractivity contribution is 5.87. The summed E-state index contributed by atoms with van der Waals surface area (Å²) in [6.45, 7) is 3.82.